The maximum absolute atomic E-state index is 12.7. The van der Waals surface area contributed by atoms with Crippen molar-refractivity contribution in [1.82, 2.24) is 20.8 Å². The number of alkyl halides is 3. The summed E-state index contributed by atoms with van der Waals surface area (Å²) in [5, 5.41) is 12.7. The molecule has 1 fully saturated rings. The fourth-order valence-corrected chi connectivity index (χ4v) is 2.71. The fraction of sp³-hybridized carbons (Fsp3) is 0.412. The molecular formula is C17H19F3N4O2. The Hall–Kier alpha value is -2.55. The van der Waals surface area contributed by atoms with E-state index in [0.717, 1.165) is 38.1 Å². The van der Waals surface area contributed by atoms with Gasteiger partial charge in [-0.05, 0) is 43.7 Å². The minimum atomic E-state index is -4.42. The van der Waals surface area contributed by atoms with Crippen LogP contribution in [0.15, 0.2) is 30.3 Å². The summed E-state index contributed by atoms with van der Waals surface area (Å²) in [6.07, 6.45) is -2.51. The van der Waals surface area contributed by atoms with Crippen molar-refractivity contribution in [3.05, 3.63) is 47.3 Å². The van der Waals surface area contributed by atoms with Gasteiger partial charge in [0.25, 0.3) is 5.91 Å². The molecule has 0 radical (unpaired) electrons. The van der Waals surface area contributed by atoms with Crippen LogP contribution in [0.5, 0.6) is 5.75 Å². The van der Waals surface area contributed by atoms with Gasteiger partial charge in [-0.1, -0.05) is 6.07 Å². The summed E-state index contributed by atoms with van der Waals surface area (Å²) < 4.78 is 43.4. The van der Waals surface area contributed by atoms with Crippen LogP contribution in [0.1, 0.15) is 34.6 Å². The van der Waals surface area contributed by atoms with E-state index in [1.165, 1.54) is 18.2 Å². The van der Waals surface area contributed by atoms with Crippen LogP contribution >= 0.6 is 0 Å². The van der Waals surface area contributed by atoms with E-state index in [-0.39, 0.29) is 30.0 Å². The second-order valence-electron chi connectivity index (χ2n) is 6.11. The van der Waals surface area contributed by atoms with Gasteiger partial charge in [0.1, 0.15) is 18.1 Å². The molecule has 3 rings (SSSR count). The van der Waals surface area contributed by atoms with Crippen molar-refractivity contribution in [2.45, 2.75) is 31.7 Å². The molecule has 1 aromatic heterocycles. The predicted octanol–water partition coefficient (Wildman–Crippen LogP) is 2.49. The topological polar surface area (TPSA) is 79.0 Å². The van der Waals surface area contributed by atoms with Crippen molar-refractivity contribution in [2.75, 3.05) is 13.1 Å². The molecule has 140 valence electrons. The second-order valence-corrected chi connectivity index (χ2v) is 6.11. The van der Waals surface area contributed by atoms with Crippen LogP contribution in [0.3, 0.4) is 0 Å². The number of hydrogen-bond acceptors (Lipinski definition) is 4. The molecular weight excluding hydrogens is 349 g/mol. The molecule has 9 heteroatoms. The van der Waals surface area contributed by atoms with Crippen molar-refractivity contribution < 1.29 is 22.7 Å². The molecule has 2 aromatic rings. The van der Waals surface area contributed by atoms with Crippen molar-refractivity contribution >= 4 is 5.91 Å². The monoisotopic (exact) mass is 368 g/mol. The van der Waals surface area contributed by atoms with Crippen molar-refractivity contribution in [2.24, 2.45) is 0 Å². The van der Waals surface area contributed by atoms with Crippen molar-refractivity contribution in [3.8, 4) is 5.75 Å². The van der Waals surface area contributed by atoms with E-state index in [4.69, 9.17) is 4.74 Å². The number of ether oxygens (including phenoxy) is 1. The Labute approximate surface area is 148 Å². The van der Waals surface area contributed by atoms with Crippen LogP contribution in [-0.4, -0.2) is 35.2 Å². The van der Waals surface area contributed by atoms with Gasteiger partial charge in [0.15, 0.2) is 0 Å². The molecule has 2 heterocycles. The largest absolute Gasteiger partial charge is 0.487 e. The molecule has 0 spiro atoms. The number of nitrogens with zero attached hydrogens (tertiary/aromatic N) is 1. The Morgan fingerprint density at radius 2 is 2.19 bits per heavy atom. The Morgan fingerprint density at radius 3 is 2.92 bits per heavy atom. The first-order valence-corrected chi connectivity index (χ1v) is 8.28. The van der Waals surface area contributed by atoms with Gasteiger partial charge < -0.3 is 15.4 Å². The molecule has 26 heavy (non-hydrogen) atoms. The molecule has 1 atom stereocenters. The lowest BCUT2D eigenvalue weighted by molar-refractivity contribution is -0.137. The highest BCUT2D eigenvalue weighted by Crippen LogP contribution is 2.31. The highest BCUT2D eigenvalue weighted by molar-refractivity contribution is 5.92. The predicted molar refractivity (Wildman–Crippen MR) is 87.7 cm³/mol. The van der Waals surface area contributed by atoms with Gasteiger partial charge in [0.05, 0.1) is 11.3 Å². The minimum Gasteiger partial charge on any atom is -0.487 e. The molecule has 0 unspecified atom stereocenters. The Morgan fingerprint density at radius 1 is 1.35 bits per heavy atom. The summed E-state index contributed by atoms with van der Waals surface area (Å²) in [6, 6.07) is 6.22. The van der Waals surface area contributed by atoms with Gasteiger partial charge >= 0.3 is 6.18 Å². The summed E-state index contributed by atoms with van der Waals surface area (Å²) in [5.74, 6) is -0.200. The van der Waals surface area contributed by atoms with Crippen LogP contribution in [0.25, 0.3) is 0 Å². The van der Waals surface area contributed by atoms with Crippen LogP contribution in [-0.2, 0) is 12.8 Å². The first-order valence-electron chi connectivity index (χ1n) is 8.28. The smallest absolute Gasteiger partial charge is 0.416 e. The number of aromatic amines is 1. The molecule has 0 aliphatic carbocycles. The third kappa shape index (κ3) is 4.75. The zero-order valence-corrected chi connectivity index (χ0v) is 13.9. The second kappa shape index (κ2) is 7.77. The van der Waals surface area contributed by atoms with E-state index in [2.05, 4.69) is 20.8 Å². The standard InChI is InChI=1S/C17H19F3N4O2/c18-17(19,20)11-3-1-5-14(7-11)26-10-13-8-15(24-23-13)16(25)22-12-4-2-6-21-9-12/h1,3,5,7-8,12,21H,2,4,6,9-10H2,(H,22,25)(H,23,24)/t12-/m1/s1. The number of aromatic nitrogens is 2. The zero-order chi connectivity index (χ0) is 18.6. The lowest BCUT2D eigenvalue weighted by atomic mass is 10.1. The normalized spacial score (nSPS) is 17.7. The summed E-state index contributed by atoms with van der Waals surface area (Å²) in [6.45, 7) is 1.65. The maximum Gasteiger partial charge on any atom is 0.416 e. The number of nitrogens with one attached hydrogen (secondary N) is 3. The number of benzene rings is 1. The van der Waals surface area contributed by atoms with Crippen molar-refractivity contribution in [1.29, 1.82) is 0 Å². The van der Waals surface area contributed by atoms with Gasteiger partial charge in [-0.15, -0.1) is 0 Å². The number of carbonyl (C=O) groups is 1. The molecule has 1 saturated heterocycles. The summed E-state index contributed by atoms with van der Waals surface area (Å²) >= 11 is 0. The van der Waals surface area contributed by atoms with Crippen molar-refractivity contribution in [3.63, 3.8) is 0 Å². The van der Waals surface area contributed by atoms with Crippen LogP contribution in [0.4, 0.5) is 13.2 Å². The molecule has 0 saturated carbocycles. The molecule has 1 aliphatic rings. The Bertz CT molecular complexity index is 754. The number of H-pyrrole nitrogens is 1. The van der Waals surface area contributed by atoms with E-state index in [1.54, 1.807) is 0 Å². The molecule has 1 aromatic carbocycles. The number of rotatable bonds is 5. The maximum atomic E-state index is 12.7. The van der Waals surface area contributed by atoms with Gasteiger partial charge in [-0.25, -0.2) is 0 Å². The summed E-state index contributed by atoms with van der Waals surface area (Å²) in [4.78, 5) is 12.2. The van der Waals surface area contributed by atoms with Crippen LogP contribution in [0, 0.1) is 0 Å². The van der Waals surface area contributed by atoms with Gasteiger partial charge in [0.2, 0.25) is 0 Å². The summed E-state index contributed by atoms with van der Waals surface area (Å²) in [7, 11) is 0. The number of piperidine rings is 1. The molecule has 6 nitrogen and oxygen atoms in total. The lowest BCUT2D eigenvalue weighted by Gasteiger charge is -2.23. The third-order valence-electron chi connectivity index (χ3n) is 4.05. The number of hydrogen-bond donors (Lipinski definition) is 3. The summed E-state index contributed by atoms with van der Waals surface area (Å²) in [5.41, 5.74) is -0.0617. The van der Waals surface area contributed by atoms with E-state index in [9.17, 15) is 18.0 Å². The SMILES string of the molecule is O=C(N[C@@H]1CCCNC1)c1cc(COc2cccc(C(F)(F)F)c2)[nH]n1. The number of amides is 1. The van der Waals surface area contributed by atoms with E-state index < -0.39 is 11.7 Å². The zero-order valence-electron chi connectivity index (χ0n) is 13.9. The fourth-order valence-electron chi connectivity index (χ4n) is 2.71. The van der Waals surface area contributed by atoms with Crippen LogP contribution in [0.2, 0.25) is 0 Å². The molecule has 0 bridgehead atoms. The average molecular weight is 368 g/mol. The van der Waals surface area contributed by atoms with Gasteiger partial charge in [-0.2, -0.15) is 18.3 Å². The molecule has 1 aliphatic heterocycles. The molecule has 3 N–H and O–H groups in total. The first kappa shape index (κ1) is 18.2. The first-order chi connectivity index (χ1) is 12.4. The minimum absolute atomic E-state index is 0.0213. The lowest BCUT2D eigenvalue weighted by Crippen LogP contribution is -2.45. The average Bonchev–Trinajstić information content (AvgIpc) is 3.10. The highest BCUT2D eigenvalue weighted by Gasteiger charge is 2.30. The highest BCUT2D eigenvalue weighted by atomic mass is 19.4. The Kier molecular flexibility index (Phi) is 5.46. The van der Waals surface area contributed by atoms with Gasteiger partial charge in [-0.3, -0.25) is 9.89 Å². The Balaban J connectivity index is 1.56. The number of halogens is 3. The van der Waals surface area contributed by atoms with Gasteiger partial charge in [0, 0.05) is 12.6 Å². The van der Waals surface area contributed by atoms with E-state index in [0.29, 0.717) is 5.69 Å². The van der Waals surface area contributed by atoms with E-state index in [1.807, 2.05) is 0 Å². The van der Waals surface area contributed by atoms with Crippen LogP contribution < -0.4 is 15.4 Å². The quantitative estimate of drug-likeness (QED) is 0.758. The van der Waals surface area contributed by atoms with E-state index >= 15 is 0 Å². The number of carbonyl (C=O) groups excluding carboxylic acids is 1. The molecule has 1 amide bonds. The third-order valence-corrected chi connectivity index (χ3v) is 4.05.